The van der Waals surface area contributed by atoms with Crippen LogP contribution in [0.3, 0.4) is 0 Å². The van der Waals surface area contributed by atoms with Crippen LogP contribution in [-0.4, -0.2) is 37.6 Å². The number of piperidine rings is 1. The van der Waals surface area contributed by atoms with E-state index >= 15 is 0 Å². The molecule has 0 bridgehead atoms. The number of carbonyl (C=O) groups is 1. The summed E-state index contributed by atoms with van der Waals surface area (Å²) in [5.41, 5.74) is 2.73. The summed E-state index contributed by atoms with van der Waals surface area (Å²) in [6.07, 6.45) is 1.47. The maximum Gasteiger partial charge on any atom is 0.224 e. The predicted octanol–water partition coefficient (Wildman–Crippen LogP) is 4.94. The standard InChI is InChI=1S/C28H30F2N2O2/c1-34-26-11-7-20(8-12-26)13-14-31-28(33)24-15-23(21-5-3-2-4-6-21)18-32(19-24)17-22-9-10-25(29)16-27(22)30/h2-12,16,23-24H,13-15,17-19H2,1H3,(H,31,33). The first-order valence-electron chi connectivity index (χ1n) is 11.6. The van der Waals surface area contributed by atoms with E-state index < -0.39 is 11.6 Å². The quantitative estimate of drug-likeness (QED) is 0.514. The van der Waals surface area contributed by atoms with Crippen LogP contribution >= 0.6 is 0 Å². The van der Waals surface area contributed by atoms with Gasteiger partial charge in [0.1, 0.15) is 17.4 Å². The molecule has 4 rings (SSSR count). The van der Waals surface area contributed by atoms with Gasteiger partial charge in [0.15, 0.2) is 0 Å². The normalized spacial score (nSPS) is 18.4. The number of amides is 1. The van der Waals surface area contributed by atoms with Gasteiger partial charge >= 0.3 is 0 Å². The fourth-order valence-electron chi connectivity index (χ4n) is 4.63. The van der Waals surface area contributed by atoms with E-state index in [2.05, 4.69) is 22.3 Å². The SMILES string of the molecule is COc1ccc(CCNC(=O)C2CC(c3ccccc3)CN(Cc3ccc(F)cc3F)C2)cc1. The first-order chi connectivity index (χ1) is 16.5. The molecule has 1 saturated heterocycles. The lowest BCUT2D eigenvalue weighted by Gasteiger charge is -2.37. The van der Waals surface area contributed by atoms with Crippen molar-refractivity contribution >= 4 is 5.91 Å². The molecule has 178 valence electrons. The third-order valence-electron chi connectivity index (χ3n) is 6.45. The number of likely N-dealkylation sites (tertiary alicyclic amines) is 1. The fraction of sp³-hybridized carbons (Fsp3) is 0.321. The van der Waals surface area contributed by atoms with Crippen molar-refractivity contribution in [1.29, 1.82) is 0 Å². The van der Waals surface area contributed by atoms with Crippen molar-refractivity contribution in [2.24, 2.45) is 5.92 Å². The number of nitrogens with zero attached hydrogens (tertiary/aromatic N) is 1. The van der Waals surface area contributed by atoms with Crippen molar-refractivity contribution in [3.8, 4) is 5.75 Å². The Hall–Kier alpha value is -3.25. The lowest BCUT2D eigenvalue weighted by atomic mass is 9.84. The van der Waals surface area contributed by atoms with Gasteiger partial charge in [0.2, 0.25) is 5.91 Å². The molecule has 6 heteroatoms. The maximum absolute atomic E-state index is 14.3. The highest BCUT2D eigenvalue weighted by Gasteiger charge is 2.32. The zero-order valence-corrected chi connectivity index (χ0v) is 19.3. The van der Waals surface area contributed by atoms with Crippen LogP contribution in [0.4, 0.5) is 8.78 Å². The lowest BCUT2D eigenvalue weighted by molar-refractivity contribution is -0.127. The van der Waals surface area contributed by atoms with Gasteiger partial charge in [0, 0.05) is 37.8 Å². The van der Waals surface area contributed by atoms with Crippen LogP contribution < -0.4 is 10.1 Å². The van der Waals surface area contributed by atoms with Gasteiger partial charge in [0.25, 0.3) is 0 Å². The van der Waals surface area contributed by atoms with Gasteiger partial charge in [-0.2, -0.15) is 0 Å². The second-order valence-corrected chi connectivity index (χ2v) is 8.86. The van der Waals surface area contributed by atoms with E-state index in [0.717, 1.165) is 36.8 Å². The van der Waals surface area contributed by atoms with Crippen LogP contribution in [0.2, 0.25) is 0 Å². The van der Waals surface area contributed by atoms with E-state index in [1.54, 1.807) is 7.11 Å². The molecule has 2 unspecified atom stereocenters. The number of hydrogen-bond acceptors (Lipinski definition) is 3. The molecule has 3 aromatic carbocycles. The molecule has 1 amide bonds. The minimum Gasteiger partial charge on any atom is -0.497 e. The molecule has 1 heterocycles. The molecule has 0 spiro atoms. The molecule has 0 aliphatic carbocycles. The molecule has 0 aromatic heterocycles. The Morgan fingerprint density at radius 1 is 1.03 bits per heavy atom. The van der Waals surface area contributed by atoms with Gasteiger partial charge in [0.05, 0.1) is 13.0 Å². The smallest absolute Gasteiger partial charge is 0.224 e. The average molecular weight is 465 g/mol. The molecular formula is C28H30F2N2O2. The molecule has 1 fully saturated rings. The van der Waals surface area contributed by atoms with Crippen molar-refractivity contribution in [2.45, 2.75) is 25.3 Å². The van der Waals surface area contributed by atoms with Crippen LogP contribution in [0.25, 0.3) is 0 Å². The average Bonchev–Trinajstić information content (AvgIpc) is 2.86. The number of rotatable bonds is 8. The predicted molar refractivity (Wildman–Crippen MR) is 129 cm³/mol. The van der Waals surface area contributed by atoms with Gasteiger partial charge in [-0.1, -0.05) is 48.5 Å². The number of benzene rings is 3. The summed E-state index contributed by atoms with van der Waals surface area (Å²) in [5, 5.41) is 3.08. The monoisotopic (exact) mass is 464 g/mol. The van der Waals surface area contributed by atoms with Crippen molar-refractivity contribution in [3.63, 3.8) is 0 Å². The van der Waals surface area contributed by atoms with Crippen LogP contribution in [0.15, 0.2) is 72.8 Å². The van der Waals surface area contributed by atoms with E-state index in [1.165, 1.54) is 17.7 Å². The summed E-state index contributed by atoms with van der Waals surface area (Å²) < 4.78 is 32.8. The molecule has 0 radical (unpaired) electrons. The first kappa shape index (κ1) is 23.9. The van der Waals surface area contributed by atoms with Gasteiger partial charge in [-0.05, 0) is 48.1 Å². The summed E-state index contributed by atoms with van der Waals surface area (Å²) in [7, 11) is 1.63. The Balaban J connectivity index is 1.42. The van der Waals surface area contributed by atoms with Crippen molar-refractivity contribution in [3.05, 3.63) is 101 Å². The zero-order valence-electron chi connectivity index (χ0n) is 19.3. The van der Waals surface area contributed by atoms with E-state index in [0.29, 0.717) is 25.2 Å². The number of hydrogen-bond donors (Lipinski definition) is 1. The Morgan fingerprint density at radius 3 is 2.50 bits per heavy atom. The highest BCUT2D eigenvalue weighted by molar-refractivity contribution is 5.79. The van der Waals surface area contributed by atoms with Crippen LogP contribution in [0.5, 0.6) is 5.75 Å². The Labute approximate surface area is 199 Å². The number of ether oxygens (including phenoxy) is 1. The van der Waals surface area contributed by atoms with Gasteiger partial charge in [-0.15, -0.1) is 0 Å². The number of halogens is 2. The van der Waals surface area contributed by atoms with Gasteiger partial charge < -0.3 is 10.1 Å². The molecule has 1 N–H and O–H groups in total. The van der Waals surface area contributed by atoms with Crippen molar-refractivity contribution < 1.29 is 18.3 Å². The second-order valence-electron chi connectivity index (χ2n) is 8.86. The fourth-order valence-corrected chi connectivity index (χ4v) is 4.63. The summed E-state index contributed by atoms with van der Waals surface area (Å²) in [6, 6.07) is 21.6. The van der Waals surface area contributed by atoms with Gasteiger partial charge in [-0.25, -0.2) is 8.78 Å². The summed E-state index contributed by atoms with van der Waals surface area (Å²) in [4.78, 5) is 15.2. The number of carbonyl (C=O) groups excluding carboxylic acids is 1. The third kappa shape index (κ3) is 6.20. The van der Waals surface area contributed by atoms with Crippen molar-refractivity contribution in [2.75, 3.05) is 26.7 Å². The lowest BCUT2D eigenvalue weighted by Crippen LogP contribution is -2.45. The summed E-state index contributed by atoms with van der Waals surface area (Å²) in [6.45, 7) is 2.14. The minimum absolute atomic E-state index is 0.0127. The second kappa shape index (κ2) is 11.3. The highest BCUT2D eigenvalue weighted by atomic mass is 19.1. The molecule has 2 atom stereocenters. The van der Waals surface area contributed by atoms with E-state index in [1.807, 2.05) is 42.5 Å². The third-order valence-corrected chi connectivity index (χ3v) is 6.45. The van der Waals surface area contributed by atoms with E-state index in [9.17, 15) is 13.6 Å². The van der Waals surface area contributed by atoms with Crippen LogP contribution in [0.1, 0.15) is 29.0 Å². The van der Waals surface area contributed by atoms with E-state index in [-0.39, 0.29) is 17.7 Å². The maximum atomic E-state index is 14.3. The number of nitrogens with one attached hydrogen (secondary N) is 1. The Bertz CT molecular complexity index is 1090. The van der Waals surface area contributed by atoms with Crippen molar-refractivity contribution in [1.82, 2.24) is 10.2 Å². The minimum atomic E-state index is -0.587. The topological polar surface area (TPSA) is 41.6 Å². The number of methoxy groups -OCH3 is 1. The molecule has 1 aliphatic rings. The molecule has 1 aliphatic heterocycles. The van der Waals surface area contributed by atoms with Crippen LogP contribution in [-0.2, 0) is 17.8 Å². The Morgan fingerprint density at radius 2 is 1.79 bits per heavy atom. The van der Waals surface area contributed by atoms with E-state index in [4.69, 9.17) is 4.74 Å². The molecule has 3 aromatic rings. The molecule has 34 heavy (non-hydrogen) atoms. The highest BCUT2D eigenvalue weighted by Crippen LogP contribution is 2.31. The summed E-state index contributed by atoms with van der Waals surface area (Å²) in [5.74, 6) is -0.369. The first-order valence-corrected chi connectivity index (χ1v) is 11.6. The molecule has 0 saturated carbocycles. The zero-order chi connectivity index (χ0) is 23.9. The largest absolute Gasteiger partial charge is 0.497 e. The molecular weight excluding hydrogens is 434 g/mol. The Kier molecular flexibility index (Phi) is 7.91. The molecule has 4 nitrogen and oxygen atoms in total. The summed E-state index contributed by atoms with van der Waals surface area (Å²) >= 11 is 0. The van der Waals surface area contributed by atoms with Crippen LogP contribution in [0, 0.1) is 17.6 Å². The van der Waals surface area contributed by atoms with Gasteiger partial charge in [-0.3, -0.25) is 9.69 Å².